The third kappa shape index (κ3) is 3.45. The van der Waals surface area contributed by atoms with Gasteiger partial charge in [-0.15, -0.1) is 0 Å². The molecule has 2 aliphatic rings. The summed E-state index contributed by atoms with van der Waals surface area (Å²) in [4.78, 5) is 38.7. The van der Waals surface area contributed by atoms with E-state index >= 15 is 0 Å². The van der Waals surface area contributed by atoms with E-state index in [1.54, 1.807) is 30.3 Å². The van der Waals surface area contributed by atoms with Crippen molar-refractivity contribution >= 4 is 17.7 Å². The average Bonchev–Trinajstić information content (AvgIpc) is 2.98. The number of nitrogens with one attached hydrogen (secondary N) is 1. The fourth-order valence-electron chi connectivity index (χ4n) is 4.23. The van der Waals surface area contributed by atoms with Crippen LogP contribution in [0.5, 0.6) is 0 Å². The second kappa shape index (κ2) is 7.71. The van der Waals surface area contributed by atoms with Gasteiger partial charge in [0.2, 0.25) is 0 Å². The summed E-state index contributed by atoms with van der Waals surface area (Å²) in [5, 5.41) is 11.8. The number of imide groups is 1. The Balaban J connectivity index is 1.53. The number of carbonyl (C=O) groups is 3. The van der Waals surface area contributed by atoms with Gasteiger partial charge in [0.1, 0.15) is 11.4 Å². The minimum atomic E-state index is -0.913. The van der Waals surface area contributed by atoms with E-state index < -0.39 is 35.6 Å². The first kappa shape index (κ1) is 19.8. The molecule has 1 aliphatic carbocycles. The van der Waals surface area contributed by atoms with E-state index in [0.29, 0.717) is 29.5 Å². The molecule has 2 aromatic carbocycles. The van der Waals surface area contributed by atoms with Crippen molar-refractivity contribution in [3.8, 4) is 17.2 Å². The molecule has 0 bridgehead atoms. The summed E-state index contributed by atoms with van der Waals surface area (Å²) < 4.78 is 14.7. The molecule has 2 fully saturated rings. The highest BCUT2D eigenvalue weighted by atomic mass is 19.1. The summed E-state index contributed by atoms with van der Waals surface area (Å²) in [5.41, 5.74) is 0.533. The van der Waals surface area contributed by atoms with Gasteiger partial charge in [-0.25, -0.2) is 9.18 Å². The molecule has 1 N–H and O–H groups in total. The van der Waals surface area contributed by atoms with Gasteiger partial charge in [-0.1, -0.05) is 37.5 Å². The molecule has 0 aromatic heterocycles. The Bertz CT molecular complexity index is 1080. The molecule has 1 spiro atoms. The van der Waals surface area contributed by atoms with Crippen LogP contribution < -0.4 is 5.32 Å². The number of carbonyl (C=O) groups excluding carboxylic acids is 3. The molecular formula is C23H20FN3O3. The molecule has 30 heavy (non-hydrogen) atoms. The van der Waals surface area contributed by atoms with Gasteiger partial charge in [0.05, 0.1) is 23.7 Å². The lowest BCUT2D eigenvalue weighted by Gasteiger charge is -2.30. The molecule has 3 amide bonds. The Morgan fingerprint density at radius 2 is 1.83 bits per heavy atom. The summed E-state index contributed by atoms with van der Waals surface area (Å²) >= 11 is 0. The zero-order valence-corrected chi connectivity index (χ0v) is 16.3. The standard InChI is InChI=1S/C23H20FN3O3/c24-19-12-17(16-6-4-5-15(11-16)13-25)7-8-18(19)20(28)14-27-21(29)23(26-22(27)30)9-2-1-3-10-23/h4-8,11-12H,1-3,9-10,14H2,(H,26,30). The Kier molecular flexibility index (Phi) is 5.08. The third-order valence-electron chi connectivity index (χ3n) is 5.85. The number of nitrogens with zero attached hydrogens (tertiary/aromatic N) is 2. The second-order valence-electron chi connectivity index (χ2n) is 7.77. The minimum absolute atomic E-state index is 0.180. The maximum atomic E-state index is 14.7. The number of hydrogen-bond donors (Lipinski definition) is 1. The van der Waals surface area contributed by atoms with Gasteiger partial charge >= 0.3 is 6.03 Å². The Morgan fingerprint density at radius 3 is 2.53 bits per heavy atom. The number of nitriles is 1. The molecule has 152 valence electrons. The number of amides is 3. The van der Waals surface area contributed by atoms with Crippen LogP contribution in [0.1, 0.15) is 48.0 Å². The molecule has 0 unspecified atom stereocenters. The Morgan fingerprint density at radius 1 is 1.10 bits per heavy atom. The smallest absolute Gasteiger partial charge is 0.323 e. The first-order valence-electron chi connectivity index (χ1n) is 9.91. The summed E-state index contributed by atoms with van der Waals surface area (Å²) in [6.07, 6.45) is 3.83. The van der Waals surface area contributed by atoms with Crippen LogP contribution in [0.15, 0.2) is 42.5 Å². The molecule has 0 radical (unpaired) electrons. The molecule has 7 heteroatoms. The minimum Gasteiger partial charge on any atom is -0.323 e. The maximum Gasteiger partial charge on any atom is 0.325 e. The topological polar surface area (TPSA) is 90.3 Å². The lowest BCUT2D eigenvalue weighted by atomic mass is 9.82. The monoisotopic (exact) mass is 405 g/mol. The Labute approximate surface area is 173 Å². The number of ketones is 1. The van der Waals surface area contributed by atoms with E-state index in [9.17, 15) is 18.8 Å². The van der Waals surface area contributed by atoms with Gasteiger partial charge in [0, 0.05) is 0 Å². The van der Waals surface area contributed by atoms with E-state index in [4.69, 9.17) is 5.26 Å². The number of Topliss-reactive ketones (excluding diaryl/α,β-unsaturated/α-hetero) is 1. The van der Waals surface area contributed by atoms with Crippen molar-refractivity contribution in [1.29, 1.82) is 5.26 Å². The first-order chi connectivity index (χ1) is 14.4. The van der Waals surface area contributed by atoms with Crippen molar-refractivity contribution in [2.45, 2.75) is 37.6 Å². The van der Waals surface area contributed by atoms with Crippen LogP contribution in [0.4, 0.5) is 9.18 Å². The zero-order chi connectivity index (χ0) is 21.3. The lowest BCUT2D eigenvalue weighted by molar-refractivity contribution is -0.132. The van der Waals surface area contributed by atoms with Crippen molar-refractivity contribution in [1.82, 2.24) is 10.2 Å². The molecule has 2 aromatic rings. The van der Waals surface area contributed by atoms with E-state index in [2.05, 4.69) is 5.32 Å². The van der Waals surface area contributed by atoms with Crippen LogP contribution >= 0.6 is 0 Å². The SMILES string of the molecule is N#Cc1cccc(-c2ccc(C(=O)CN3C(=O)NC4(CCCCC4)C3=O)c(F)c2)c1. The Hall–Kier alpha value is -3.53. The molecule has 6 nitrogen and oxygen atoms in total. The van der Waals surface area contributed by atoms with E-state index in [1.807, 2.05) is 6.07 Å². The largest absolute Gasteiger partial charge is 0.325 e. The van der Waals surface area contributed by atoms with E-state index in [0.717, 1.165) is 24.2 Å². The highest BCUT2D eigenvalue weighted by Gasteiger charge is 2.51. The summed E-state index contributed by atoms with van der Waals surface area (Å²) in [7, 11) is 0. The van der Waals surface area contributed by atoms with Gasteiger partial charge < -0.3 is 5.32 Å². The summed E-state index contributed by atoms with van der Waals surface area (Å²) in [5.74, 6) is -1.77. The van der Waals surface area contributed by atoms with E-state index in [-0.39, 0.29) is 5.56 Å². The third-order valence-corrected chi connectivity index (χ3v) is 5.85. The van der Waals surface area contributed by atoms with Gasteiger partial charge in [-0.3, -0.25) is 14.5 Å². The van der Waals surface area contributed by atoms with Crippen molar-refractivity contribution < 1.29 is 18.8 Å². The molecule has 1 aliphatic heterocycles. The van der Waals surface area contributed by atoms with Crippen LogP contribution in [0.2, 0.25) is 0 Å². The van der Waals surface area contributed by atoms with Gasteiger partial charge in [-0.05, 0) is 48.2 Å². The fourth-order valence-corrected chi connectivity index (χ4v) is 4.23. The van der Waals surface area contributed by atoms with Gasteiger partial charge in [-0.2, -0.15) is 5.26 Å². The van der Waals surface area contributed by atoms with Gasteiger partial charge in [0.25, 0.3) is 5.91 Å². The lowest BCUT2D eigenvalue weighted by Crippen LogP contribution is -2.48. The predicted octanol–water partition coefficient (Wildman–Crippen LogP) is 3.80. The van der Waals surface area contributed by atoms with Gasteiger partial charge in [0.15, 0.2) is 5.78 Å². The van der Waals surface area contributed by atoms with Crippen LogP contribution in [0.3, 0.4) is 0 Å². The number of benzene rings is 2. The highest BCUT2D eigenvalue weighted by Crippen LogP contribution is 2.33. The fraction of sp³-hybridized carbons (Fsp3) is 0.304. The van der Waals surface area contributed by atoms with Crippen molar-refractivity contribution in [2.24, 2.45) is 0 Å². The number of halogens is 1. The molecule has 0 atom stereocenters. The van der Waals surface area contributed by atoms with Crippen LogP contribution in [0.25, 0.3) is 11.1 Å². The highest BCUT2D eigenvalue weighted by molar-refractivity contribution is 6.11. The molecule has 1 heterocycles. The van der Waals surface area contributed by atoms with E-state index in [1.165, 1.54) is 12.1 Å². The van der Waals surface area contributed by atoms with Crippen molar-refractivity contribution in [3.63, 3.8) is 0 Å². The van der Waals surface area contributed by atoms with Crippen molar-refractivity contribution in [3.05, 3.63) is 59.4 Å². The normalized spacial score (nSPS) is 17.7. The molecule has 4 rings (SSSR count). The zero-order valence-electron chi connectivity index (χ0n) is 16.3. The number of urea groups is 1. The first-order valence-corrected chi connectivity index (χ1v) is 9.91. The molecule has 1 saturated carbocycles. The molecular weight excluding hydrogens is 385 g/mol. The quantitative estimate of drug-likeness (QED) is 0.619. The molecule has 1 saturated heterocycles. The average molecular weight is 405 g/mol. The summed E-state index contributed by atoms with van der Waals surface area (Å²) in [6.45, 7) is -0.493. The van der Waals surface area contributed by atoms with Crippen molar-refractivity contribution in [2.75, 3.05) is 6.54 Å². The van der Waals surface area contributed by atoms with Crippen LogP contribution in [-0.4, -0.2) is 34.7 Å². The second-order valence-corrected chi connectivity index (χ2v) is 7.77. The predicted molar refractivity (Wildman–Crippen MR) is 107 cm³/mol. The van der Waals surface area contributed by atoms with Crippen LogP contribution in [-0.2, 0) is 4.79 Å². The number of hydrogen-bond acceptors (Lipinski definition) is 4. The summed E-state index contributed by atoms with van der Waals surface area (Å²) in [6, 6.07) is 12.3. The number of rotatable bonds is 4. The maximum absolute atomic E-state index is 14.7. The van der Waals surface area contributed by atoms with Crippen LogP contribution in [0, 0.1) is 17.1 Å².